The molecule has 0 aliphatic heterocycles. The molecule has 1 saturated carbocycles. The van der Waals surface area contributed by atoms with E-state index in [0.29, 0.717) is 24.5 Å². The normalized spacial score (nSPS) is 27.2. The van der Waals surface area contributed by atoms with Crippen molar-refractivity contribution in [1.29, 1.82) is 0 Å². The zero-order chi connectivity index (χ0) is 13.1. The van der Waals surface area contributed by atoms with Crippen LogP contribution >= 0.6 is 0 Å². The molecule has 0 bridgehead atoms. The Morgan fingerprint density at radius 2 is 2.06 bits per heavy atom. The molecule has 1 aromatic heterocycles. The van der Waals surface area contributed by atoms with Crippen LogP contribution in [0.15, 0.2) is 0 Å². The van der Waals surface area contributed by atoms with Crippen LogP contribution in [0.5, 0.6) is 6.01 Å². The minimum absolute atomic E-state index is 0.189. The zero-order valence-electron chi connectivity index (χ0n) is 11.2. The van der Waals surface area contributed by atoms with Crippen LogP contribution in [-0.4, -0.2) is 27.6 Å². The maximum absolute atomic E-state index is 5.64. The van der Waals surface area contributed by atoms with Gasteiger partial charge in [-0.05, 0) is 31.6 Å². The second-order valence-corrected chi connectivity index (χ2v) is 4.90. The summed E-state index contributed by atoms with van der Waals surface area (Å²) in [7, 11) is 0. The highest BCUT2D eigenvalue weighted by Crippen LogP contribution is 2.32. The van der Waals surface area contributed by atoms with E-state index in [1.165, 1.54) is 6.42 Å². The molecule has 1 aliphatic carbocycles. The summed E-state index contributed by atoms with van der Waals surface area (Å²) in [6.45, 7) is 6.93. The third kappa shape index (κ3) is 2.80. The summed E-state index contributed by atoms with van der Waals surface area (Å²) in [4.78, 5) is 12.2. The van der Waals surface area contributed by atoms with Gasteiger partial charge in [0.05, 0.1) is 6.61 Å². The fraction of sp³-hybridized carbons (Fsp3) is 0.750. The Kier molecular flexibility index (Phi) is 3.84. The highest BCUT2D eigenvalue weighted by Gasteiger charge is 2.30. The first-order chi connectivity index (χ1) is 8.60. The van der Waals surface area contributed by atoms with Crippen molar-refractivity contribution >= 4 is 11.9 Å². The second-order valence-electron chi connectivity index (χ2n) is 4.90. The number of nitrogen functional groups attached to an aromatic ring is 1. The molecule has 0 aromatic carbocycles. The molecular formula is C12H21N5O. The van der Waals surface area contributed by atoms with Crippen molar-refractivity contribution in [2.24, 2.45) is 11.8 Å². The molecule has 1 aromatic rings. The highest BCUT2D eigenvalue weighted by molar-refractivity contribution is 5.34. The lowest BCUT2D eigenvalue weighted by Crippen LogP contribution is -2.25. The first kappa shape index (κ1) is 12.9. The monoisotopic (exact) mass is 251 g/mol. The van der Waals surface area contributed by atoms with Crippen molar-refractivity contribution in [3.8, 4) is 6.01 Å². The van der Waals surface area contributed by atoms with Crippen molar-refractivity contribution in [2.45, 2.75) is 39.7 Å². The molecule has 6 nitrogen and oxygen atoms in total. The Bertz CT molecular complexity index is 411. The van der Waals surface area contributed by atoms with Gasteiger partial charge in [-0.1, -0.05) is 13.8 Å². The minimum Gasteiger partial charge on any atom is -0.464 e. The van der Waals surface area contributed by atoms with E-state index in [1.807, 2.05) is 6.92 Å². The van der Waals surface area contributed by atoms with Crippen molar-refractivity contribution < 1.29 is 4.74 Å². The second kappa shape index (κ2) is 5.37. The standard InChI is InChI=1S/C12H21N5O/c1-4-18-12-16-10(13)15-11(17-12)14-9-6-5-7(2)8(9)3/h7-9H,4-6H2,1-3H3,(H3,13,14,15,16,17). The number of rotatable bonds is 4. The maximum Gasteiger partial charge on any atom is 0.323 e. The van der Waals surface area contributed by atoms with Gasteiger partial charge >= 0.3 is 6.01 Å². The quantitative estimate of drug-likeness (QED) is 0.847. The summed E-state index contributed by atoms with van der Waals surface area (Å²) in [5.74, 6) is 2.04. The number of hydrogen-bond acceptors (Lipinski definition) is 6. The Morgan fingerprint density at radius 3 is 2.67 bits per heavy atom. The summed E-state index contributed by atoms with van der Waals surface area (Å²) in [5, 5.41) is 3.34. The van der Waals surface area contributed by atoms with Gasteiger partial charge in [0.15, 0.2) is 0 Å². The van der Waals surface area contributed by atoms with Crippen LogP contribution in [0.3, 0.4) is 0 Å². The van der Waals surface area contributed by atoms with E-state index in [0.717, 1.165) is 12.3 Å². The van der Waals surface area contributed by atoms with Crippen LogP contribution in [0, 0.1) is 11.8 Å². The topological polar surface area (TPSA) is 86.0 Å². The van der Waals surface area contributed by atoms with Gasteiger partial charge in [-0.25, -0.2) is 0 Å². The van der Waals surface area contributed by atoms with Crippen LogP contribution < -0.4 is 15.8 Å². The Labute approximate surface area is 107 Å². The summed E-state index contributed by atoms with van der Waals surface area (Å²) in [6.07, 6.45) is 2.37. The molecule has 100 valence electrons. The SMILES string of the molecule is CCOc1nc(N)nc(NC2CCC(C)C2C)n1. The molecule has 3 unspecified atom stereocenters. The Morgan fingerprint density at radius 1 is 1.28 bits per heavy atom. The Hall–Kier alpha value is -1.59. The predicted octanol–water partition coefficient (Wildman–Crippen LogP) is 1.70. The molecule has 1 heterocycles. The molecule has 1 fully saturated rings. The first-order valence-electron chi connectivity index (χ1n) is 6.51. The highest BCUT2D eigenvalue weighted by atomic mass is 16.5. The van der Waals surface area contributed by atoms with Gasteiger partial charge in [0.1, 0.15) is 0 Å². The number of ether oxygens (including phenoxy) is 1. The van der Waals surface area contributed by atoms with E-state index in [2.05, 4.69) is 34.1 Å². The van der Waals surface area contributed by atoms with Crippen molar-refractivity contribution in [2.75, 3.05) is 17.7 Å². The fourth-order valence-corrected chi connectivity index (χ4v) is 2.36. The van der Waals surface area contributed by atoms with Crippen LogP contribution in [0.4, 0.5) is 11.9 Å². The molecule has 3 atom stereocenters. The average molecular weight is 251 g/mol. The van der Waals surface area contributed by atoms with E-state index < -0.39 is 0 Å². The minimum atomic E-state index is 0.189. The summed E-state index contributed by atoms with van der Waals surface area (Å²) >= 11 is 0. The maximum atomic E-state index is 5.64. The lowest BCUT2D eigenvalue weighted by atomic mass is 9.98. The predicted molar refractivity (Wildman–Crippen MR) is 70.4 cm³/mol. The Balaban J connectivity index is 2.09. The molecule has 18 heavy (non-hydrogen) atoms. The zero-order valence-corrected chi connectivity index (χ0v) is 11.2. The molecule has 0 spiro atoms. The van der Waals surface area contributed by atoms with Gasteiger partial charge in [-0.2, -0.15) is 15.0 Å². The number of anilines is 2. The molecule has 6 heteroatoms. The van der Waals surface area contributed by atoms with Crippen LogP contribution in [-0.2, 0) is 0 Å². The third-order valence-electron chi connectivity index (χ3n) is 3.69. The van der Waals surface area contributed by atoms with Gasteiger partial charge < -0.3 is 15.8 Å². The van der Waals surface area contributed by atoms with Crippen LogP contribution in [0.2, 0.25) is 0 Å². The van der Waals surface area contributed by atoms with E-state index in [1.54, 1.807) is 0 Å². The molecular weight excluding hydrogens is 230 g/mol. The van der Waals surface area contributed by atoms with E-state index in [9.17, 15) is 0 Å². The van der Waals surface area contributed by atoms with E-state index in [-0.39, 0.29) is 12.0 Å². The van der Waals surface area contributed by atoms with Crippen molar-refractivity contribution in [3.63, 3.8) is 0 Å². The summed E-state index contributed by atoms with van der Waals surface area (Å²) in [5.41, 5.74) is 5.64. The van der Waals surface area contributed by atoms with Gasteiger partial charge in [-0.15, -0.1) is 0 Å². The van der Waals surface area contributed by atoms with E-state index in [4.69, 9.17) is 10.5 Å². The summed E-state index contributed by atoms with van der Waals surface area (Å²) < 4.78 is 5.26. The number of nitrogens with one attached hydrogen (secondary N) is 1. The molecule has 2 rings (SSSR count). The van der Waals surface area contributed by atoms with Gasteiger partial charge in [0.2, 0.25) is 11.9 Å². The van der Waals surface area contributed by atoms with E-state index >= 15 is 0 Å². The number of hydrogen-bond donors (Lipinski definition) is 2. The average Bonchev–Trinajstić information content (AvgIpc) is 2.61. The fourth-order valence-electron chi connectivity index (χ4n) is 2.36. The van der Waals surface area contributed by atoms with Crippen molar-refractivity contribution in [1.82, 2.24) is 15.0 Å². The number of aromatic nitrogens is 3. The largest absolute Gasteiger partial charge is 0.464 e. The van der Waals surface area contributed by atoms with Gasteiger partial charge in [0, 0.05) is 6.04 Å². The third-order valence-corrected chi connectivity index (χ3v) is 3.69. The molecule has 0 saturated heterocycles. The van der Waals surface area contributed by atoms with Crippen LogP contribution in [0.25, 0.3) is 0 Å². The molecule has 0 amide bonds. The number of nitrogens with zero attached hydrogens (tertiary/aromatic N) is 3. The lowest BCUT2D eigenvalue weighted by Gasteiger charge is -2.19. The molecule has 0 radical (unpaired) electrons. The van der Waals surface area contributed by atoms with Crippen LogP contribution in [0.1, 0.15) is 33.6 Å². The first-order valence-corrected chi connectivity index (χ1v) is 6.51. The van der Waals surface area contributed by atoms with Gasteiger partial charge in [0.25, 0.3) is 0 Å². The number of nitrogens with two attached hydrogens (primary N) is 1. The lowest BCUT2D eigenvalue weighted by molar-refractivity contribution is 0.312. The van der Waals surface area contributed by atoms with Gasteiger partial charge in [-0.3, -0.25) is 0 Å². The smallest absolute Gasteiger partial charge is 0.323 e. The van der Waals surface area contributed by atoms with Crippen molar-refractivity contribution in [3.05, 3.63) is 0 Å². The molecule has 3 N–H and O–H groups in total. The molecule has 1 aliphatic rings. The summed E-state index contributed by atoms with van der Waals surface area (Å²) in [6, 6.07) is 0.683.